The number of carbonyl (C=O) groups excluding carboxylic acids is 1. The second-order valence-electron chi connectivity index (χ2n) is 4.33. The van der Waals surface area contributed by atoms with Gasteiger partial charge in [0.2, 0.25) is 5.91 Å². The van der Waals surface area contributed by atoms with Gasteiger partial charge in [-0.15, -0.1) is 0 Å². The summed E-state index contributed by atoms with van der Waals surface area (Å²) in [4.78, 5) is 11.6. The number of rotatable bonds is 6. The molecule has 2 N–H and O–H groups in total. The van der Waals surface area contributed by atoms with Crippen LogP contribution in [0, 0.1) is 6.92 Å². The average Bonchev–Trinajstić information content (AvgIpc) is 2.29. The summed E-state index contributed by atoms with van der Waals surface area (Å²) >= 11 is 0. The van der Waals surface area contributed by atoms with Crippen molar-refractivity contribution in [2.75, 3.05) is 6.61 Å². The molecule has 0 aliphatic carbocycles. The Balaban J connectivity index is 2.46. The fourth-order valence-electron chi connectivity index (χ4n) is 1.86. The van der Waals surface area contributed by atoms with Crippen molar-refractivity contribution < 1.29 is 9.90 Å². The summed E-state index contributed by atoms with van der Waals surface area (Å²) in [5.41, 5.74) is 2.35. The molecule has 3 heteroatoms. The number of nitrogens with one attached hydrogen (secondary N) is 1. The standard InChI is InChI=1S/C14H21NO2/c1-11-7-3-4-8-13(11)12(2)15-14(17)9-5-6-10-16/h3-4,7-8,12,16H,5-6,9-10H2,1-2H3,(H,15,17)/t12-/m0/s1. The molecular formula is C14H21NO2. The monoisotopic (exact) mass is 235 g/mol. The Labute approximate surface area is 103 Å². The molecule has 1 aromatic rings. The molecule has 0 saturated carbocycles. The van der Waals surface area contributed by atoms with Gasteiger partial charge >= 0.3 is 0 Å². The molecule has 1 atom stereocenters. The minimum atomic E-state index is 0.0397. The molecule has 3 nitrogen and oxygen atoms in total. The smallest absolute Gasteiger partial charge is 0.220 e. The van der Waals surface area contributed by atoms with Crippen molar-refractivity contribution in [3.63, 3.8) is 0 Å². The highest BCUT2D eigenvalue weighted by molar-refractivity contribution is 5.76. The summed E-state index contributed by atoms with van der Waals surface area (Å²) in [5.74, 6) is 0.0502. The predicted molar refractivity (Wildman–Crippen MR) is 68.7 cm³/mol. The van der Waals surface area contributed by atoms with Crippen LogP contribution in [0.4, 0.5) is 0 Å². The van der Waals surface area contributed by atoms with Crippen molar-refractivity contribution in [3.8, 4) is 0 Å². The Kier molecular flexibility index (Phi) is 5.70. The van der Waals surface area contributed by atoms with Gasteiger partial charge in [0.25, 0.3) is 0 Å². The molecule has 1 aromatic carbocycles. The van der Waals surface area contributed by atoms with Gasteiger partial charge in [0.05, 0.1) is 6.04 Å². The highest BCUT2D eigenvalue weighted by Crippen LogP contribution is 2.16. The summed E-state index contributed by atoms with van der Waals surface area (Å²) in [7, 11) is 0. The number of unbranched alkanes of at least 4 members (excludes halogenated alkanes) is 1. The SMILES string of the molecule is Cc1ccccc1[C@H](C)NC(=O)CCCCO. The van der Waals surface area contributed by atoms with Crippen LogP contribution in [0.5, 0.6) is 0 Å². The van der Waals surface area contributed by atoms with Crippen molar-refractivity contribution in [2.45, 2.75) is 39.2 Å². The first kappa shape index (κ1) is 13.7. The molecule has 0 radical (unpaired) electrons. The van der Waals surface area contributed by atoms with Crippen LogP contribution < -0.4 is 5.32 Å². The third-order valence-corrected chi connectivity index (χ3v) is 2.84. The van der Waals surface area contributed by atoms with Gasteiger partial charge in [-0.25, -0.2) is 0 Å². The fourth-order valence-corrected chi connectivity index (χ4v) is 1.86. The van der Waals surface area contributed by atoms with Crippen LogP contribution in [-0.4, -0.2) is 17.6 Å². The molecule has 0 saturated heterocycles. The largest absolute Gasteiger partial charge is 0.396 e. The molecule has 94 valence electrons. The Morgan fingerprint density at radius 1 is 1.35 bits per heavy atom. The highest BCUT2D eigenvalue weighted by Gasteiger charge is 2.10. The molecular weight excluding hydrogens is 214 g/mol. The molecule has 0 fully saturated rings. The molecule has 0 bridgehead atoms. The number of aryl methyl sites for hydroxylation is 1. The zero-order chi connectivity index (χ0) is 12.7. The quantitative estimate of drug-likeness (QED) is 0.743. The molecule has 0 heterocycles. The second kappa shape index (κ2) is 7.07. The van der Waals surface area contributed by atoms with Crippen molar-refractivity contribution in [3.05, 3.63) is 35.4 Å². The Bertz CT molecular complexity index is 363. The Hall–Kier alpha value is -1.35. The summed E-state index contributed by atoms with van der Waals surface area (Å²) in [6.45, 7) is 4.19. The third kappa shape index (κ3) is 4.57. The van der Waals surface area contributed by atoms with Gasteiger partial charge < -0.3 is 10.4 Å². The maximum atomic E-state index is 11.6. The zero-order valence-electron chi connectivity index (χ0n) is 10.6. The number of amides is 1. The lowest BCUT2D eigenvalue weighted by Crippen LogP contribution is -2.26. The third-order valence-electron chi connectivity index (χ3n) is 2.84. The summed E-state index contributed by atoms with van der Waals surface area (Å²) in [5, 5.41) is 11.6. The van der Waals surface area contributed by atoms with E-state index in [-0.39, 0.29) is 18.6 Å². The lowest BCUT2D eigenvalue weighted by atomic mass is 10.0. The highest BCUT2D eigenvalue weighted by atomic mass is 16.2. The van der Waals surface area contributed by atoms with Crippen LogP contribution in [0.2, 0.25) is 0 Å². The maximum absolute atomic E-state index is 11.6. The number of hydrogen-bond acceptors (Lipinski definition) is 2. The Morgan fingerprint density at radius 3 is 2.71 bits per heavy atom. The first-order valence-corrected chi connectivity index (χ1v) is 6.11. The van der Waals surface area contributed by atoms with Gasteiger partial charge in [-0.05, 0) is 37.8 Å². The predicted octanol–water partition coefficient (Wildman–Crippen LogP) is 2.33. The number of aliphatic hydroxyl groups is 1. The topological polar surface area (TPSA) is 49.3 Å². The van der Waals surface area contributed by atoms with E-state index in [1.54, 1.807) is 0 Å². The normalized spacial score (nSPS) is 12.2. The number of aliphatic hydroxyl groups excluding tert-OH is 1. The minimum absolute atomic E-state index is 0.0397. The minimum Gasteiger partial charge on any atom is -0.396 e. The average molecular weight is 235 g/mol. The van der Waals surface area contributed by atoms with Crippen LogP contribution in [0.1, 0.15) is 43.4 Å². The van der Waals surface area contributed by atoms with Gasteiger partial charge in [-0.1, -0.05) is 24.3 Å². The zero-order valence-corrected chi connectivity index (χ0v) is 10.6. The number of carbonyl (C=O) groups is 1. The van der Waals surface area contributed by atoms with E-state index < -0.39 is 0 Å². The molecule has 0 aliphatic rings. The van der Waals surface area contributed by atoms with E-state index in [0.717, 1.165) is 12.0 Å². The van der Waals surface area contributed by atoms with E-state index in [1.807, 2.05) is 38.1 Å². The van der Waals surface area contributed by atoms with Crippen molar-refractivity contribution in [1.82, 2.24) is 5.32 Å². The summed E-state index contributed by atoms with van der Waals surface area (Å²) < 4.78 is 0. The fraction of sp³-hybridized carbons (Fsp3) is 0.500. The van der Waals surface area contributed by atoms with Crippen molar-refractivity contribution in [1.29, 1.82) is 0 Å². The van der Waals surface area contributed by atoms with E-state index in [1.165, 1.54) is 5.56 Å². The molecule has 0 aromatic heterocycles. The lowest BCUT2D eigenvalue weighted by molar-refractivity contribution is -0.121. The molecule has 1 rings (SSSR count). The van der Waals surface area contributed by atoms with E-state index in [0.29, 0.717) is 12.8 Å². The molecule has 1 amide bonds. The van der Waals surface area contributed by atoms with Crippen molar-refractivity contribution in [2.24, 2.45) is 0 Å². The molecule has 17 heavy (non-hydrogen) atoms. The molecule has 0 unspecified atom stereocenters. The first-order valence-electron chi connectivity index (χ1n) is 6.11. The lowest BCUT2D eigenvalue weighted by Gasteiger charge is -2.16. The second-order valence-corrected chi connectivity index (χ2v) is 4.33. The van der Waals surface area contributed by atoms with Gasteiger partial charge in [0.15, 0.2) is 0 Å². The maximum Gasteiger partial charge on any atom is 0.220 e. The summed E-state index contributed by atoms with van der Waals surface area (Å²) in [6.07, 6.45) is 1.91. The van der Waals surface area contributed by atoms with E-state index in [4.69, 9.17) is 5.11 Å². The van der Waals surface area contributed by atoms with Crippen LogP contribution in [-0.2, 0) is 4.79 Å². The number of hydrogen-bond donors (Lipinski definition) is 2. The van der Waals surface area contributed by atoms with Crippen molar-refractivity contribution >= 4 is 5.91 Å². The van der Waals surface area contributed by atoms with Crippen LogP contribution >= 0.6 is 0 Å². The molecule has 0 spiro atoms. The van der Waals surface area contributed by atoms with Crippen LogP contribution in [0.3, 0.4) is 0 Å². The van der Waals surface area contributed by atoms with E-state index in [2.05, 4.69) is 5.32 Å². The van der Waals surface area contributed by atoms with Gasteiger partial charge in [-0.3, -0.25) is 4.79 Å². The first-order chi connectivity index (χ1) is 8.15. The van der Waals surface area contributed by atoms with Gasteiger partial charge in [0.1, 0.15) is 0 Å². The van der Waals surface area contributed by atoms with E-state index in [9.17, 15) is 4.79 Å². The van der Waals surface area contributed by atoms with Crippen LogP contribution in [0.25, 0.3) is 0 Å². The summed E-state index contributed by atoms with van der Waals surface area (Å²) in [6, 6.07) is 8.10. The number of benzene rings is 1. The van der Waals surface area contributed by atoms with Gasteiger partial charge in [0, 0.05) is 13.0 Å². The molecule has 0 aliphatic heterocycles. The Morgan fingerprint density at radius 2 is 2.06 bits per heavy atom. The van der Waals surface area contributed by atoms with E-state index >= 15 is 0 Å². The van der Waals surface area contributed by atoms with Crippen LogP contribution in [0.15, 0.2) is 24.3 Å². The van der Waals surface area contributed by atoms with Gasteiger partial charge in [-0.2, -0.15) is 0 Å².